The molecule has 3 rings (SSSR count). The minimum absolute atomic E-state index is 0.0377. The molecule has 9 nitrogen and oxygen atoms in total. The van der Waals surface area contributed by atoms with E-state index in [9.17, 15) is 24.0 Å². The fraction of sp³-hybridized carbons (Fsp3) is 0.278. The number of hydrogen-bond donors (Lipinski definition) is 0. The summed E-state index contributed by atoms with van der Waals surface area (Å²) in [6, 6.07) is 7.93. The van der Waals surface area contributed by atoms with Crippen LogP contribution in [0, 0.1) is 5.41 Å². The van der Waals surface area contributed by atoms with Gasteiger partial charge in [0.05, 0.1) is 20.3 Å². The molecule has 1 atom stereocenters. The minimum atomic E-state index is -1.68. The zero-order valence-corrected chi connectivity index (χ0v) is 14.6. The predicted octanol–water partition coefficient (Wildman–Crippen LogP) is -0.0243. The summed E-state index contributed by atoms with van der Waals surface area (Å²) < 4.78 is 10.8. The number of esters is 2. The summed E-state index contributed by atoms with van der Waals surface area (Å²) in [4.78, 5) is 61.8. The number of rotatable bonds is 4. The van der Waals surface area contributed by atoms with Gasteiger partial charge in [0.25, 0.3) is 11.5 Å². The second-order valence-electron chi connectivity index (χ2n) is 6.02. The molecule has 1 aliphatic rings. The van der Waals surface area contributed by atoms with Crippen LogP contribution in [0.5, 0.6) is 0 Å². The standard InChI is InChI=1S/C18H16N2O7/c1-26-15(23)18(16(24)27-2)10-12(18)19-9-8-13(21)20(17(19)25)14(22)11-6-4-3-5-7-11/h3-9,12H,10H2,1-2H3/t12-/m1/s1. The Morgan fingerprint density at radius 1 is 1.00 bits per heavy atom. The molecular weight excluding hydrogens is 356 g/mol. The molecule has 1 aromatic heterocycles. The van der Waals surface area contributed by atoms with Crippen molar-refractivity contribution in [3.63, 3.8) is 0 Å². The fourth-order valence-corrected chi connectivity index (χ4v) is 3.09. The summed E-state index contributed by atoms with van der Waals surface area (Å²) in [6.07, 6.45) is 1.11. The van der Waals surface area contributed by atoms with Crippen molar-refractivity contribution in [1.29, 1.82) is 0 Å². The smallest absolute Gasteiger partial charge is 0.338 e. The molecule has 9 heteroatoms. The lowest BCUT2D eigenvalue weighted by Crippen LogP contribution is -2.44. The van der Waals surface area contributed by atoms with E-state index in [4.69, 9.17) is 0 Å². The first-order valence-electron chi connectivity index (χ1n) is 7.99. The van der Waals surface area contributed by atoms with E-state index in [0.29, 0.717) is 4.57 Å². The molecule has 140 valence electrons. The summed E-state index contributed by atoms with van der Waals surface area (Å²) in [7, 11) is 2.23. The van der Waals surface area contributed by atoms with Crippen molar-refractivity contribution in [2.45, 2.75) is 12.5 Å². The van der Waals surface area contributed by atoms with E-state index in [0.717, 1.165) is 31.0 Å². The summed E-state index contributed by atoms with van der Waals surface area (Å²) in [5.41, 5.74) is -3.29. The van der Waals surface area contributed by atoms with Crippen LogP contribution in [0.25, 0.3) is 0 Å². The summed E-state index contributed by atoms with van der Waals surface area (Å²) in [5.74, 6) is -2.50. The van der Waals surface area contributed by atoms with E-state index in [2.05, 4.69) is 9.47 Å². The van der Waals surface area contributed by atoms with Crippen LogP contribution < -0.4 is 11.2 Å². The lowest BCUT2D eigenvalue weighted by Gasteiger charge is -2.14. The Morgan fingerprint density at radius 2 is 1.59 bits per heavy atom. The zero-order valence-electron chi connectivity index (χ0n) is 14.6. The third-order valence-electron chi connectivity index (χ3n) is 4.59. The molecule has 0 radical (unpaired) electrons. The van der Waals surface area contributed by atoms with E-state index in [-0.39, 0.29) is 12.0 Å². The van der Waals surface area contributed by atoms with Gasteiger partial charge in [-0.15, -0.1) is 0 Å². The Labute approximate surface area is 152 Å². The number of carbonyl (C=O) groups is 3. The highest BCUT2D eigenvalue weighted by molar-refractivity contribution is 6.04. The predicted molar refractivity (Wildman–Crippen MR) is 91.3 cm³/mol. The van der Waals surface area contributed by atoms with Crippen LogP contribution in [-0.2, 0) is 19.1 Å². The van der Waals surface area contributed by atoms with Crippen LogP contribution in [0.3, 0.4) is 0 Å². The lowest BCUT2D eigenvalue weighted by molar-refractivity contribution is -0.162. The van der Waals surface area contributed by atoms with Crippen molar-refractivity contribution < 1.29 is 23.9 Å². The maximum absolute atomic E-state index is 12.8. The molecule has 0 aliphatic heterocycles. The number of carbonyl (C=O) groups excluding carboxylic acids is 3. The van der Waals surface area contributed by atoms with Gasteiger partial charge in [-0.25, -0.2) is 4.79 Å². The molecule has 1 aliphatic carbocycles. The molecule has 27 heavy (non-hydrogen) atoms. The molecule has 1 fully saturated rings. The molecule has 0 bridgehead atoms. The van der Waals surface area contributed by atoms with Crippen LogP contribution in [0.15, 0.2) is 52.2 Å². The Balaban J connectivity index is 2.09. The van der Waals surface area contributed by atoms with Gasteiger partial charge in [-0.05, 0) is 18.6 Å². The van der Waals surface area contributed by atoms with Crippen molar-refractivity contribution >= 4 is 17.8 Å². The van der Waals surface area contributed by atoms with E-state index >= 15 is 0 Å². The van der Waals surface area contributed by atoms with Crippen LogP contribution in [0.2, 0.25) is 0 Å². The number of methoxy groups -OCH3 is 2. The third kappa shape index (κ3) is 2.77. The second-order valence-corrected chi connectivity index (χ2v) is 6.02. The second kappa shape index (κ2) is 6.67. The average molecular weight is 372 g/mol. The molecule has 0 spiro atoms. The molecule has 0 amide bonds. The quantitative estimate of drug-likeness (QED) is 0.547. The van der Waals surface area contributed by atoms with E-state index in [1.54, 1.807) is 18.2 Å². The number of aromatic nitrogens is 2. The topological polar surface area (TPSA) is 114 Å². The largest absolute Gasteiger partial charge is 0.468 e. The van der Waals surface area contributed by atoms with E-state index < -0.39 is 40.6 Å². The molecular formula is C18H16N2O7. The third-order valence-corrected chi connectivity index (χ3v) is 4.59. The van der Waals surface area contributed by atoms with Gasteiger partial charge < -0.3 is 9.47 Å². The maximum atomic E-state index is 12.8. The SMILES string of the molecule is COC(=O)C1(C(=O)OC)C[C@H]1n1ccc(=O)n(C(=O)c2ccccc2)c1=O. The molecule has 2 aromatic rings. The first kappa shape index (κ1) is 18.3. The van der Waals surface area contributed by atoms with Crippen molar-refractivity contribution in [2.24, 2.45) is 5.41 Å². The number of ether oxygens (including phenoxy) is 2. The van der Waals surface area contributed by atoms with Gasteiger partial charge in [-0.1, -0.05) is 18.2 Å². The summed E-state index contributed by atoms with van der Waals surface area (Å²) >= 11 is 0. The highest BCUT2D eigenvalue weighted by Gasteiger charge is 2.69. The maximum Gasteiger partial charge on any atom is 0.338 e. The van der Waals surface area contributed by atoms with Crippen molar-refractivity contribution in [2.75, 3.05) is 14.2 Å². The normalized spacial score (nSPS) is 17.0. The Bertz CT molecular complexity index is 1020. The number of benzene rings is 1. The van der Waals surface area contributed by atoms with Crippen LogP contribution in [0.1, 0.15) is 22.8 Å². The first-order chi connectivity index (χ1) is 12.9. The number of nitrogens with zero attached hydrogens (tertiary/aromatic N) is 2. The Hall–Kier alpha value is -3.49. The Kier molecular flexibility index (Phi) is 4.52. The van der Waals surface area contributed by atoms with Gasteiger partial charge in [0, 0.05) is 17.8 Å². The van der Waals surface area contributed by atoms with E-state index in [1.165, 1.54) is 12.1 Å². The van der Waals surface area contributed by atoms with Crippen LogP contribution in [0.4, 0.5) is 0 Å². The van der Waals surface area contributed by atoms with Crippen molar-refractivity contribution in [1.82, 2.24) is 9.13 Å². The summed E-state index contributed by atoms with van der Waals surface area (Å²) in [6.45, 7) is 0. The molecule has 0 saturated heterocycles. The molecule has 0 unspecified atom stereocenters. The van der Waals surface area contributed by atoms with E-state index in [1.807, 2.05) is 0 Å². The highest BCUT2D eigenvalue weighted by Crippen LogP contribution is 2.57. The monoisotopic (exact) mass is 372 g/mol. The summed E-state index contributed by atoms with van der Waals surface area (Å²) in [5, 5.41) is 0. The first-order valence-corrected chi connectivity index (χ1v) is 7.99. The van der Waals surface area contributed by atoms with Gasteiger partial charge >= 0.3 is 17.6 Å². The number of hydrogen-bond acceptors (Lipinski definition) is 7. The van der Waals surface area contributed by atoms with Gasteiger partial charge in [-0.3, -0.25) is 23.7 Å². The van der Waals surface area contributed by atoms with Crippen molar-refractivity contribution in [3.05, 3.63) is 69.0 Å². The zero-order chi connectivity index (χ0) is 19.8. The lowest BCUT2D eigenvalue weighted by atomic mass is 10.1. The average Bonchev–Trinajstić information content (AvgIpc) is 3.43. The van der Waals surface area contributed by atoms with Gasteiger partial charge in [0.1, 0.15) is 0 Å². The van der Waals surface area contributed by atoms with Crippen molar-refractivity contribution in [3.8, 4) is 0 Å². The molecule has 1 saturated carbocycles. The molecule has 1 heterocycles. The molecule has 1 aromatic carbocycles. The Morgan fingerprint density at radius 3 is 2.15 bits per heavy atom. The van der Waals surface area contributed by atoms with Crippen LogP contribution in [-0.4, -0.2) is 41.2 Å². The molecule has 0 N–H and O–H groups in total. The fourth-order valence-electron chi connectivity index (χ4n) is 3.09. The highest BCUT2D eigenvalue weighted by atomic mass is 16.5. The van der Waals surface area contributed by atoms with Gasteiger partial charge in [0.15, 0.2) is 5.41 Å². The minimum Gasteiger partial charge on any atom is -0.468 e. The van der Waals surface area contributed by atoms with Crippen LogP contribution >= 0.6 is 0 Å². The van der Waals surface area contributed by atoms with Gasteiger partial charge in [0.2, 0.25) is 0 Å². The van der Waals surface area contributed by atoms with Gasteiger partial charge in [-0.2, -0.15) is 4.57 Å².